The highest BCUT2D eigenvalue weighted by molar-refractivity contribution is 7.92. The van der Waals surface area contributed by atoms with E-state index in [9.17, 15) is 18.0 Å². The van der Waals surface area contributed by atoms with Crippen molar-refractivity contribution in [2.24, 2.45) is 0 Å². The number of methoxy groups -OCH3 is 2. The lowest BCUT2D eigenvalue weighted by atomic mass is 10.1. The molecule has 3 aromatic carbocycles. The molecule has 0 aliphatic heterocycles. The van der Waals surface area contributed by atoms with Crippen molar-refractivity contribution in [3.8, 4) is 11.5 Å². The van der Waals surface area contributed by atoms with Gasteiger partial charge < -0.3 is 19.7 Å². The summed E-state index contributed by atoms with van der Waals surface area (Å²) in [7, 11) is -1.21. The number of amides is 2. The summed E-state index contributed by atoms with van der Waals surface area (Å²) in [6, 6.07) is 20.9. The van der Waals surface area contributed by atoms with Gasteiger partial charge in [-0.3, -0.25) is 13.9 Å². The van der Waals surface area contributed by atoms with Gasteiger partial charge in [0.25, 0.3) is 10.0 Å². The zero-order valence-electron chi connectivity index (χ0n) is 24.5. The first kappa shape index (κ1) is 31.5. The van der Waals surface area contributed by atoms with Crippen LogP contribution in [0.2, 0.25) is 0 Å². The molecule has 0 spiro atoms. The van der Waals surface area contributed by atoms with Crippen molar-refractivity contribution in [3.05, 3.63) is 84.4 Å². The molecule has 2 amide bonds. The molecule has 3 rings (SSSR count). The van der Waals surface area contributed by atoms with Crippen LogP contribution in [0.5, 0.6) is 11.5 Å². The van der Waals surface area contributed by atoms with Crippen molar-refractivity contribution in [1.29, 1.82) is 0 Å². The van der Waals surface area contributed by atoms with Gasteiger partial charge in [-0.2, -0.15) is 0 Å². The number of anilines is 1. The van der Waals surface area contributed by atoms with E-state index in [2.05, 4.69) is 5.32 Å². The van der Waals surface area contributed by atoms with Gasteiger partial charge in [0, 0.05) is 12.1 Å². The van der Waals surface area contributed by atoms with Crippen molar-refractivity contribution >= 4 is 27.5 Å². The fourth-order valence-corrected chi connectivity index (χ4v) is 5.85. The molecule has 0 saturated heterocycles. The van der Waals surface area contributed by atoms with Crippen LogP contribution >= 0.6 is 0 Å². The first-order chi connectivity index (χ1) is 19.4. The highest BCUT2D eigenvalue weighted by Gasteiger charge is 2.35. The minimum absolute atomic E-state index is 0.0237. The average Bonchev–Trinajstić information content (AvgIpc) is 2.95. The Morgan fingerprint density at radius 3 is 2.17 bits per heavy atom. The van der Waals surface area contributed by atoms with Gasteiger partial charge in [-0.1, -0.05) is 49.4 Å². The molecule has 0 aromatic heterocycles. The fraction of sp³-hybridized carbons (Fsp3) is 0.355. The smallest absolute Gasteiger partial charge is 0.264 e. The number of hydrogen-bond donors (Lipinski definition) is 1. The number of rotatable bonds is 12. The van der Waals surface area contributed by atoms with Crippen molar-refractivity contribution in [3.63, 3.8) is 0 Å². The molecule has 0 saturated carbocycles. The molecule has 10 heteroatoms. The van der Waals surface area contributed by atoms with E-state index in [4.69, 9.17) is 9.47 Å². The van der Waals surface area contributed by atoms with Crippen LogP contribution in [0.25, 0.3) is 0 Å². The summed E-state index contributed by atoms with van der Waals surface area (Å²) in [5.74, 6) is 0.0150. The van der Waals surface area contributed by atoms with Crippen molar-refractivity contribution in [2.45, 2.75) is 57.1 Å². The normalized spacial score (nSPS) is 12.2. The SMILES string of the molecule is CCC(C(=O)NC(C)(C)C)N(Cc1cccc(OC)c1)C(=O)CN(c1ccccc1OC)S(=O)(=O)c1ccccc1. The third-order valence-corrected chi connectivity index (χ3v) is 8.11. The molecule has 9 nitrogen and oxygen atoms in total. The van der Waals surface area contributed by atoms with Crippen LogP contribution in [0.3, 0.4) is 0 Å². The Bertz CT molecular complexity index is 1440. The second kappa shape index (κ2) is 13.5. The molecule has 0 bridgehead atoms. The number of carbonyl (C=O) groups is 2. The van der Waals surface area contributed by atoms with Crippen LogP contribution in [0.15, 0.2) is 83.8 Å². The number of sulfonamides is 1. The number of ether oxygens (including phenoxy) is 2. The van der Waals surface area contributed by atoms with Crippen molar-refractivity contribution in [2.75, 3.05) is 25.1 Å². The first-order valence-corrected chi connectivity index (χ1v) is 14.8. The quantitative estimate of drug-likeness (QED) is 0.335. The molecule has 0 aliphatic carbocycles. The topological polar surface area (TPSA) is 105 Å². The Morgan fingerprint density at radius 1 is 0.902 bits per heavy atom. The van der Waals surface area contributed by atoms with E-state index < -0.39 is 34.1 Å². The number of para-hydroxylation sites is 2. The lowest BCUT2D eigenvalue weighted by Gasteiger charge is -2.35. The maximum atomic E-state index is 14.2. The Balaban J connectivity index is 2.11. The van der Waals surface area contributed by atoms with Gasteiger partial charge in [0.1, 0.15) is 24.1 Å². The number of hydrogen-bond acceptors (Lipinski definition) is 6. The summed E-state index contributed by atoms with van der Waals surface area (Å²) in [5, 5.41) is 2.96. The van der Waals surface area contributed by atoms with Gasteiger partial charge in [-0.25, -0.2) is 8.42 Å². The van der Waals surface area contributed by atoms with E-state index in [-0.39, 0.29) is 28.8 Å². The molecule has 1 atom stereocenters. The lowest BCUT2D eigenvalue weighted by molar-refractivity contribution is -0.141. The molecule has 0 aliphatic rings. The summed E-state index contributed by atoms with van der Waals surface area (Å²) < 4.78 is 39.8. The Hall–Kier alpha value is -4.05. The fourth-order valence-electron chi connectivity index (χ4n) is 4.41. The van der Waals surface area contributed by atoms with Gasteiger partial charge >= 0.3 is 0 Å². The van der Waals surface area contributed by atoms with E-state index in [1.54, 1.807) is 67.8 Å². The van der Waals surface area contributed by atoms with Gasteiger partial charge in [0.05, 0.1) is 24.8 Å². The molecule has 0 radical (unpaired) electrons. The predicted molar refractivity (Wildman–Crippen MR) is 159 cm³/mol. The number of benzene rings is 3. The van der Waals surface area contributed by atoms with E-state index in [1.807, 2.05) is 33.8 Å². The number of nitrogens with one attached hydrogen (secondary N) is 1. The number of nitrogens with zero attached hydrogens (tertiary/aromatic N) is 2. The van der Waals surface area contributed by atoms with E-state index in [0.717, 1.165) is 9.87 Å². The summed E-state index contributed by atoms with van der Waals surface area (Å²) in [5.41, 5.74) is 0.408. The van der Waals surface area contributed by atoms with Gasteiger partial charge in [0.2, 0.25) is 11.8 Å². The van der Waals surface area contributed by atoms with Gasteiger partial charge in [-0.15, -0.1) is 0 Å². The van der Waals surface area contributed by atoms with E-state index in [1.165, 1.54) is 24.1 Å². The maximum Gasteiger partial charge on any atom is 0.264 e. The molecule has 0 heterocycles. The van der Waals surface area contributed by atoms with Gasteiger partial charge in [-0.05, 0) is 69.2 Å². The molecule has 220 valence electrons. The second-order valence-corrected chi connectivity index (χ2v) is 12.4. The van der Waals surface area contributed by atoms with Crippen molar-refractivity contribution in [1.82, 2.24) is 10.2 Å². The van der Waals surface area contributed by atoms with Crippen LogP contribution in [0.4, 0.5) is 5.69 Å². The molecular weight excluding hydrogens is 542 g/mol. The van der Waals surface area contributed by atoms with Gasteiger partial charge in [0.15, 0.2) is 0 Å². The van der Waals surface area contributed by atoms with Crippen LogP contribution in [-0.2, 0) is 26.2 Å². The lowest BCUT2D eigenvalue weighted by Crippen LogP contribution is -2.55. The van der Waals surface area contributed by atoms with E-state index in [0.29, 0.717) is 12.2 Å². The minimum Gasteiger partial charge on any atom is -0.497 e. The third kappa shape index (κ3) is 8.00. The average molecular weight is 582 g/mol. The van der Waals surface area contributed by atoms with Crippen LogP contribution in [-0.4, -0.2) is 57.5 Å². The molecule has 41 heavy (non-hydrogen) atoms. The van der Waals surface area contributed by atoms with Crippen LogP contribution in [0, 0.1) is 0 Å². The first-order valence-electron chi connectivity index (χ1n) is 13.4. The van der Waals surface area contributed by atoms with Crippen LogP contribution in [0.1, 0.15) is 39.7 Å². The molecule has 1 unspecified atom stereocenters. The minimum atomic E-state index is -4.20. The summed E-state index contributed by atoms with van der Waals surface area (Å²) in [6.45, 7) is 6.92. The monoisotopic (exact) mass is 581 g/mol. The molecular formula is C31H39N3O6S. The third-order valence-electron chi connectivity index (χ3n) is 6.34. The standard InChI is InChI=1S/C31H39N3O6S/c1-7-26(30(36)32-31(2,3)4)33(21-23-14-13-15-24(20-23)39-5)29(35)22-34(27-18-11-12-19-28(27)40-6)41(37,38)25-16-9-8-10-17-25/h8-20,26H,7,21-22H2,1-6H3,(H,32,36). The zero-order chi connectivity index (χ0) is 30.2. The summed E-state index contributed by atoms with van der Waals surface area (Å²) in [4.78, 5) is 29.1. The van der Waals surface area contributed by atoms with Crippen molar-refractivity contribution < 1.29 is 27.5 Å². The maximum absolute atomic E-state index is 14.2. The second-order valence-electron chi connectivity index (χ2n) is 10.5. The number of carbonyl (C=O) groups excluding carboxylic acids is 2. The summed E-state index contributed by atoms with van der Waals surface area (Å²) >= 11 is 0. The van der Waals surface area contributed by atoms with Crippen LogP contribution < -0.4 is 19.1 Å². The Labute approximate surface area is 243 Å². The zero-order valence-corrected chi connectivity index (χ0v) is 25.3. The molecule has 0 fully saturated rings. The van der Waals surface area contributed by atoms with E-state index >= 15 is 0 Å². The molecule has 1 N–H and O–H groups in total. The summed E-state index contributed by atoms with van der Waals surface area (Å²) in [6.07, 6.45) is 0.317. The Kier molecular flexibility index (Phi) is 10.4. The highest BCUT2D eigenvalue weighted by atomic mass is 32.2. The Morgan fingerprint density at radius 2 is 1.56 bits per heavy atom. The highest BCUT2D eigenvalue weighted by Crippen LogP contribution is 2.32. The molecule has 3 aromatic rings. The largest absolute Gasteiger partial charge is 0.497 e. The predicted octanol–water partition coefficient (Wildman–Crippen LogP) is 4.62.